The van der Waals surface area contributed by atoms with Gasteiger partial charge in [0.05, 0.1) is 25.5 Å². The van der Waals surface area contributed by atoms with Gasteiger partial charge in [0.15, 0.2) is 0 Å². The zero-order chi connectivity index (χ0) is 26.3. The molecule has 1 aromatic carbocycles. The Morgan fingerprint density at radius 1 is 1.03 bits per heavy atom. The summed E-state index contributed by atoms with van der Waals surface area (Å²) in [6.45, 7) is 5.37. The molecular formula is C27H30F3N7O. The van der Waals surface area contributed by atoms with Crippen LogP contribution in [0.4, 0.5) is 36.3 Å². The van der Waals surface area contributed by atoms with Crippen molar-refractivity contribution in [1.82, 2.24) is 19.9 Å². The second-order valence-corrected chi connectivity index (χ2v) is 10.1. The summed E-state index contributed by atoms with van der Waals surface area (Å²) in [5.74, 6) is 1.41. The van der Waals surface area contributed by atoms with Crippen LogP contribution in [-0.2, 0) is 4.74 Å². The molecule has 0 saturated carbocycles. The van der Waals surface area contributed by atoms with Crippen LogP contribution in [0.15, 0.2) is 48.8 Å². The van der Waals surface area contributed by atoms with Gasteiger partial charge in [-0.1, -0.05) is 0 Å². The zero-order valence-corrected chi connectivity index (χ0v) is 21.2. The summed E-state index contributed by atoms with van der Waals surface area (Å²) in [6.07, 6.45) is 0.171. The molecule has 1 N–H and O–H groups in total. The number of aromatic nitrogens is 3. The average molecular weight is 526 g/mol. The number of aryl methyl sites for hydroxylation is 1. The van der Waals surface area contributed by atoms with E-state index < -0.39 is 12.7 Å². The van der Waals surface area contributed by atoms with Gasteiger partial charge in [-0.15, -0.1) is 0 Å². The minimum absolute atomic E-state index is 0.0487. The molecule has 3 aliphatic heterocycles. The summed E-state index contributed by atoms with van der Waals surface area (Å²) in [5.41, 5.74) is 4.66. The number of rotatable bonds is 6. The van der Waals surface area contributed by atoms with Crippen LogP contribution in [0.3, 0.4) is 0 Å². The van der Waals surface area contributed by atoms with Crippen molar-refractivity contribution in [1.29, 1.82) is 0 Å². The van der Waals surface area contributed by atoms with Crippen molar-refractivity contribution in [2.24, 2.45) is 0 Å². The van der Waals surface area contributed by atoms with Gasteiger partial charge < -0.3 is 19.9 Å². The van der Waals surface area contributed by atoms with Gasteiger partial charge in [-0.25, -0.2) is 15.0 Å². The normalized spacial score (nSPS) is 21.8. The first-order chi connectivity index (χ1) is 18.3. The third-order valence-corrected chi connectivity index (χ3v) is 7.53. The van der Waals surface area contributed by atoms with Gasteiger partial charge in [0.2, 0.25) is 5.95 Å². The summed E-state index contributed by atoms with van der Waals surface area (Å²) in [6, 6.07) is 12.0. The highest BCUT2D eigenvalue weighted by Crippen LogP contribution is 2.38. The van der Waals surface area contributed by atoms with E-state index in [1.54, 1.807) is 11.1 Å². The van der Waals surface area contributed by atoms with Gasteiger partial charge in [-0.3, -0.25) is 4.90 Å². The monoisotopic (exact) mass is 525 g/mol. The van der Waals surface area contributed by atoms with Crippen LogP contribution < -0.4 is 15.1 Å². The van der Waals surface area contributed by atoms with Gasteiger partial charge in [0, 0.05) is 67.6 Å². The molecule has 0 radical (unpaired) electrons. The summed E-state index contributed by atoms with van der Waals surface area (Å²) >= 11 is 0. The van der Waals surface area contributed by atoms with Crippen LogP contribution in [-0.4, -0.2) is 84.0 Å². The summed E-state index contributed by atoms with van der Waals surface area (Å²) in [7, 11) is 0. The summed E-state index contributed by atoms with van der Waals surface area (Å²) in [4.78, 5) is 19.7. The van der Waals surface area contributed by atoms with Crippen LogP contribution in [0.2, 0.25) is 0 Å². The van der Waals surface area contributed by atoms with Crippen molar-refractivity contribution < 1.29 is 17.9 Å². The molecule has 6 rings (SSSR count). The van der Waals surface area contributed by atoms with E-state index in [0.717, 1.165) is 53.5 Å². The predicted molar refractivity (Wildman–Crippen MR) is 140 cm³/mol. The van der Waals surface area contributed by atoms with Crippen molar-refractivity contribution >= 4 is 23.1 Å². The Labute approximate surface area is 219 Å². The Morgan fingerprint density at radius 3 is 2.55 bits per heavy atom. The van der Waals surface area contributed by atoms with Gasteiger partial charge in [-0.2, -0.15) is 13.2 Å². The fraction of sp³-hybridized carbons (Fsp3) is 0.444. The van der Waals surface area contributed by atoms with E-state index in [1.165, 1.54) is 0 Å². The Balaban J connectivity index is 1.11. The predicted octanol–water partition coefficient (Wildman–Crippen LogP) is 4.25. The van der Waals surface area contributed by atoms with Gasteiger partial charge in [-0.05, 0) is 55.3 Å². The van der Waals surface area contributed by atoms with E-state index in [2.05, 4.69) is 30.1 Å². The van der Waals surface area contributed by atoms with Crippen LogP contribution in [0.1, 0.15) is 12.0 Å². The highest BCUT2D eigenvalue weighted by molar-refractivity contribution is 5.66. The van der Waals surface area contributed by atoms with Crippen LogP contribution in [0, 0.1) is 6.92 Å². The Morgan fingerprint density at radius 2 is 1.87 bits per heavy atom. The Bertz CT molecular complexity index is 1280. The number of hydrogen-bond donors (Lipinski definition) is 1. The number of fused-ring (bicyclic) bond motifs is 2. The SMILES string of the molecule is Cc1cc(Nc2nccc(-c3ccc(N4CCOCC4)nc3)n2)ccc1N1C[C@@H]2C[C@H]1CN2CC(F)(F)F. The second-order valence-electron chi connectivity index (χ2n) is 10.1. The molecule has 2 atom stereocenters. The third kappa shape index (κ3) is 5.25. The molecule has 3 saturated heterocycles. The topological polar surface area (TPSA) is 69.6 Å². The number of halogens is 3. The summed E-state index contributed by atoms with van der Waals surface area (Å²) in [5, 5.41) is 3.29. The quantitative estimate of drug-likeness (QED) is 0.512. The number of pyridine rings is 1. The number of piperazine rings is 1. The second kappa shape index (κ2) is 10.0. The maximum absolute atomic E-state index is 12.9. The number of ether oxygens (including phenoxy) is 1. The molecule has 0 spiro atoms. The Kier molecular flexibility index (Phi) is 6.56. The maximum Gasteiger partial charge on any atom is 0.401 e. The molecule has 2 aromatic heterocycles. The first-order valence-electron chi connectivity index (χ1n) is 12.9. The number of likely N-dealkylation sites (tertiary alicyclic amines) is 1. The lowest BCUT2D eigenvalue weighted by Crippen LogP contribution is -2.49. The summed E-state index contributed by atoms with van der Waals surface area (Å²) < 4.78 is 44.0. The number of nitrogens with one attached hydrogen (secondary N) is 1. The highest BCUT2D eigenvalue weighted by atomic mass is 19.4. The molecule has 5 heterocycles. The highest BCUT2D eigenvalue weighted by Gasteiger charge is 2.47. The lowest BCUT2D eigenvalue weighted by atomic mass is 10.1. The number of nitrogens with zero attached hydrogens (tertiary/aromatic N) is 6. The largest absolute Gasteiger partial charge is 0.401 e. The van der Waals surface area contributed by atoms with Crippen molar-refractivity contribution in [3.63, 3.8) is 0 Å². The van der Waals surface area contributed by atoms with Gasteiger partial charge >= 0.3 is 6.18 Å². The molecular weight excluding hydrogens is 495 g/mol. The number of anilines is 4. The van der Waals surface area contributed by atoms with E-state index in [4.69, 9.17) is 4.74 Å². The molecule has 3 aliphatic rings. The number of benzene rings is 1. The molecule has 3 aromatic rings. The van der Waals surface area contributed by atoms with Gasteiger partial charge in [0.1, 0.15) is 5.82 Å². The van der Waals surface area contributed by atoms with E-state index >= 15 is 0 Å². The minimum atomic E-state index is -4.15. The van der Waals surface area contributed by atoms with Crippen LogP contribution in [0.25, 0.3) is 11.3 Å². The molecule has 38 heavy (non-hydrogen) atoms. The first kappa shape index (κ1) is 24.9. The average Bonchev–Trinajstić information content (AvgIpc) is 3.49. The minimum Gasteiger partial charge on any atom is -0.378 e. The molecule has 2 bridgehead atoms. The molecule has 200 valence electrons. The molecule has 0 amide bonds. The maximum atomic E-state index is 12.9. The molecule has 0 aliphatic carbocycles. The lowest BCUT2D eigenvalue weighted by molar-refractivity contribution is -0.148. The zero-order valence-electron chi connectivity index (χ0n) is 21.2. The first-order valence-corrected chi connectivity index (χ1v) is 12.9. The van der Waals surface area contributed by atoms with Crippen LogP contribution in [0.5, 0.6) is 0 Å². The molecule has 8 nitrogen and oxygen atoms in total. The fourth-order valence-electron chi connectivity index (χ4n) is 5.75. The lowest BCUT2D eigenvalue weighted by Gasteiger charge is -2.36. The molecule has 11 heteroatoms. The molecule has 3 fully saturated rings. The Hall–Kier alpha value is -3.44. The molecule has 0 unspecified atom stereocenters. The number of morpholine rings is 1. The third-order valence-electron chi connectivity index (χ3n) is 7.53. The fourth-order valence-corrected chi connectivity index (χ4v) is 5.75. The van der Waals surface area contributed by atoms with Crippen molar-refractivity contribution in [3.8, 4) is 11.3 Å². The number of alkyl halides is 3. The van der Waals surface area contributed by atoms with E-state index in [-0.39, 0.29) is 12.1 Å². The van der Waals surface area contributed by atoms with Crippen LogP contribution >= 0.6 is 0 Å². The van der Waals surface area contributed by atoms with E-state index in [0.29, 0.717) is 32.3 Å². The van der Waals surface area contributed by atoms with Gasteiger partial charge in [0.25, 0.3) is 0 Å². The van der Waals surface area contributed by atoms with Crippen molar-refractivity contribution in [3.05, 3.63) is 54.4 Å². The number of hydrogen-bond acceptors (Lipinski definition) is 8. The smallest absolute Gasteiger partial charge is 0.378 e. The standard InChI is InChI=1S/C27H30F3N7O/c1-18-12-20(3-4-24(18)37-16-21-13-22(37)15-36(21)17-27(28,29)30)33-26-31-7-6-23(34-26)19-2-5-25(32-14-19)35-8-10-38-11-9-35/h2-7,12,14,21-22H,8-11,13,15-17H2,1H3,(H,31,33,34)/t21-,22-/m0/s1. The van der Waals surface area contributed by atoms with E-state index in [1.807, 2.05) is 49.5 Å². The van der Waals surface area contributed by atoms with Crippen molar-refractivity contribution in [2.45, 2.75) is 31.6 Å². The van der Waals surface area contributed by atoms with Crippen molar-refractivity contribution in [2.75, 3.05) is 61.1 Å². The van der Waals surface area contributed by atoms with E-state index in [9.17, 15) is 13.2 Å².